The molecule has 1 aliphatic rings. The molecule has 0 heterocycles. The minimum atomic E-state index is -3.80. The number of ether oxygens (including phenoxy) is 1. The molecule has 0 spiro atoms. The second-order valence-corrected chi connectivity index (χ2v) is 6.41. The van der Waals surface area contributed by atoms with Crippen molar-refractivity contribution in [3.05, 3.63) is 24.3 Å². The lowest BCUT2D eigenvalue weighted by Crippen LogP contribution is -2.26. The Morgan fingerprint density at radius 1 is 1.38 bits per heavy atom. The fourth-order valence-corrected chi connectivity index (χ4v) is 2.97. The van der Waals surface area contributed by atoms with Crippen LogP contribution in [0.3, 0.4) is 0 Å². The van der Waals surface area contributed by atoms with Crippen LogP contribution in [0.15, 0.2) is 29.2 Å². The molecule has 0 aromatic heterocycles. The van der Waals surface area contributed by atoms with Crippen LogP contribution in [0.2, 0.25) is 0 Å². The van der Waals surface area contributed by atoms with Gasteiger partial charge in [-0.15, -0.1) is 0 Å². The first-order valence-electron chi connectivity index (χ1n) is 6.07. The molecule has 1 aromatic rings. The van der Waals surface area contributed by atoms with Gasteiger partial charge in [-0.3, -0.25) is 4.79 Å². The molecule has 21 heavy (non-hydrogen) atoms. The molecule has 2 rings (SSSR count). The normalized spacial score (nSPS) is 21.3. The van der Waals surface area contributed by atoms with Crippen LogP contribution >= 0.6 is 0 Å². The molecule has 0 unspecified atom stereocenters. The van der Waals surface area contributed by atoms with Crippen molar-refractivity contribution in [2.45, 2.75) is 17.9 Å². The Labute approximate surface area is 119 Å². The van der Waals surface area contributed by atoms with Gasteiger partial charge in [0.15, 0.2) is 0 Å². The van der Waals surface area contributed by atoms with E-state index in [9.17, 15) is 22.0 Å². The van der Waals surface area contributed by atoms with Crippen LogP contribution in [0.1, 0.15) is 6.42 Å². The Kier molecular flexibility index (Phi) is 4.43. The van der Waals surface area contributed by atoms with Gasteiger partial charge in [-0.1, -0.05) is 0 Å². The summed E-state index contributed by atoms with van der Waals surface area (Å²) in [4.78, 5) is 10.5. The lowest BCUT2D eigenvalue weighted by Gasteiger charge is -2.08. The maximum absolute atomic E-state index is 12.0. The predicted molar refractivity (Wildman–Crippen MR) is 67.5 cm³/mol. The molecule has 0 aliphatic heterocycles. The first-order chi connectivity index (χ1) is 9.79. The summed E-state index contributed by atoms with van der Waals surface area (Å²) in [5, 5.41) is 8.72. The van der Waals surface area contributed by atoms with Crippen LogP contribution in [0.25, 0.3) is 0 Å². The van der Waals surface area contributed by atoms with Crippen molar-refractivity contribution in [2.24, 2.45) is 11.8 Å². The molecule has 0 bridgehead atoms. The highest BCUT2D eigenvalue weighted by atomic mass is 32.2. The zero-order valence-electron chi connectivity index (χ0n) is 10.7. The zero-order valence-corrected chi connectivity index (χ0v) is 11.5. The van der Waals surface area contributed by atoms with Gasteiger partial charge in [-0.05, 0) is 36.6 Å². The SMILES string of the molecule is O=C(O)[C@@H]1C[C@@H]1CNS(=O)(=O)c1ccc(OC(F)F)cc1. The average Bonchev–Trinajstić information content (AvgIpc) is 3.16. The van der Waals surface area contributed by atoms with Crippen LogP contribution in [0, 0.1) is 11.8 Å². The van der Waals surface area contributed by atoms with Crippen molar-refractivity contribution in [2.75, 3.05) is 6.54 Å². The molecule has 116 valence electrons. The molecule has 0 amide bonds. The van der Waals surface area contributed by atoms with E-state index in [1.165, 1.54) is 0 Å². The van der Waals surface area contributed by atoms with E-state index in [-0.39, 0.29) is 23.1 Å². The monoisotopic (exact) mass is 321 g/mol. The van der Waals surface area contributed by atoms with E-state index in [1.54, 1.807) is 0 Å². The number of hydrogen-bond acceptors (Lipinski definition) is 4. The van der Waals surface area contributed by atoms with Crippen molar-refractivity contribution in [3.8, 4) is 5.75 Å². The fraction of sp³-hybridized carbons (Fsp3) is 0.417. The maximum atomic E-state index is 12.0. The predicted octanol–water partition coefficient (Wildman–Crippen LogP) is 1.29. The molecule has 2 atom stereocenters. The Morgan fingerprint density at radius 3 is 2.48 bits per heavy atom. The smallest absolute Gasteiger partial charge is 0.387 e. The van der Waals surface area contributed by atoms with Gasteiger partial charge in [0, 0.05) is 6.54 Å². The Hall–Kier alpha value is -1.74. The summed E-state index contributed by atoms with van der Waals surface area (Å²) < 4.78 is 54.2. The Balaban J connectivity index is 1.95. The van der Waals surface area contributed by atoms with Crippen LogP contribution in [-0.4, -0.2) is 32.6 Å². The molecular weight excluding hydrogens is 308 g/mol. The highest BCUT2D eigenvalue weighted by molar-refractivity contribution is 7.89. The number of carboxylic acid groups (broad SMARTS) is 1. The van der Waals surface area contributed by atoms with Gasteiger partial charge in [0.2, 0.25) is 10.0 Å². The number of nitrogens with one attached hydrogen (secondary N) is 1. The number of halogens is 2. The van der Waals surface area contributed by atoms with Crippen molar-refractivity contribution in [3.63, 3.8) is 0 Å². The molecule has 1 fully saturated rings. The molecule has 2 N–H and O–H groups in total. The minimum absolute atomic E-state index is 0.0363. The number of aliphatic carboxylic acids is 1. The molecule has 6 nitrogen and oxygen atoms in total. The van der Waals surface area contributed by atoms with Crippen molar-refractivity contribution >= 4 is 16.0 Å². The number of rotatable bonds is 7. The zero-order chi connectivity index (χ0) is 15.6. The van der Waals surface area contributed by atoms with Gasteiger partial charge >= 0.3 is 12.6 Å². The molecule has 0 saturated heterocycles. The first kappa shape index (κ1) is 15.6. The second kappa shape index (κ2) is 5.94. The van der Waals surface area contributed by atoms with Gasteiger partial charge in [0.1, 0.15) is 5.75 Å². The fourth-order valence-electron chi connectivity index (χ4n) is 1.88. The van der Waals surface area contributed by atoms with Crippen LogP contribution in [0.4, 0.5) is 8.78 Å². The molecule has 0 radical (unpaired) electrons. The third-order valence-corrected chi connectivity index (χ3v) is 4.57. The highest BCUT2D eigenvalue weighted by Crippen LogP contribution is 2.38. The number of alkyl halides is 2. The average molecular weight is 321 g/mol. The molecule has 1 aromatic carbocycles. The third-order valence-electron chi connectivity index (χ3n) is 3.13. The van der Waals surface area contributed by atoms with Crippen LogP contribution < -0.4 is 9.46 Å². The molecule has 9 heteroatoms. The Bertz CT molecular complexity index is 617. The van der Waals surface area contributed by atoms with E-state index < -0.39 is 28.5 Å². The third kappa shape index (κ3) is 4.11. The summed E-state index contributed by atoms with van der Waals surface area (Å²) in [6.07, 6.45) is 0.443. The highest BCUT2D eigenvalue weighted by Gasteiger charge is 2.43. The number of benzene rings is 1. The number of carbonyl (C=O) groups is 1. The van der Waals surface area contributed by atoms with E-state index in [1.807, 2.05) is 0 Å². The summed E-state index contributed by atoms with van der Waals surface area (Å²) in [5.41, 5.74) is 0. The summed E-state index contributed by atoms with van der Waals surface area (Å²) in [7, 11) is -3.80. The summed E-state index contributed by atoms with van der Waals surface area (Å²) in [6, 6.07) is 4.53. The van der Waals surface area contributed by atoms with Crippen molar-refractivity contribution in [1.82, 2.24) is 4.72 Å². The Morgan fingerprint density at radius 2 is 2.00 bits per heavy atom. The number of hydrogen-bond donors (Lipinski definition) is 2. The first-order valence-corrected chi connectivity index (χ1v) is 7.55. The van der Waals surface area contributed by atoms with Gasteiger partial charge < -0.3 is 9.84 Å². The number of sulfonamides is 1. The molecular formula is C12H13F2NO5S. The van der Waals surface area contributed by atoms with Crippen LogP contribution in [0.5, 0.6) is 5.75 Å². The van der Waals surface area contributed by atoms with E-state index in [4.69, 9.17) is 5.11 Å². The maximum Gasteiger partial charge on any atom is 0.387 e. The van der Waals surface area contributed by atoms with Crippen LogP contribution in [-0.2, 0) is 14.8 Å². The molecule has 1 saturated carbocycles. The van der Waals surface area contributed by atoms with Gasteiger partial charge in [-0.2, -0.15) is 8.78 Å². The van der Waals surface area contributed by atoms with E-state index in [2.05, 4.69) is 9.46 Å². The quantitative estimate of drug-likeness (QED) is 0.789. The van der Waals surface area contributed by atoms with E-state index in [0.717, 1.165) is 24.3 Å². The largest absolute Gasteiger partial charge is 0.481 e. The van der Waals surface area contributed by atoms with Crippen molar-refractivity contribution in [1.29, 1.82) is 0 Å². The topological polar surface area (TPSA) is 92.7 Å². The van der Waals surface area contributed by atoms with E-state index in [0.29, 0.717) is 6.42 Å². The van der Waals surface area contributed by atoms with Gasteiger partial charge in [0.25, 0.3) is 0 Å². The number of carboxylic acids is 1. The van der Waals surface area contributed by atoms with E-state index >= 15 is 0 Å². The standard InChI is InChI=1S/C12H13F2NO5S/c13-12(14)20-8-1-3-9(4-2-8)21(18,19)15-6-7-5-10(7)11(16)17/h1-4,7,10,12,15H,5-6H2,(H,16,17)/t7-,10-/m1/s1. The summed E-state index contributed by atoms with van der Waals surface area (Å²) >= 11 is 0. The van der Waals surface area contributed by atoms with Gasteiger partial charge in [0.05, 0.1) is 10.8 Å². The lowest BCUT2D eigenvalue weighted by atomic mass is 10.3. The summed E-state index contributed by atoms with van der Waals surface area (Å²) in [6.45, 7) is -2.94. The summed E-state index contributed by atoms with van der Waals surface area (Å²) in [5.74, 6) is -1.79. The minimum Gasteiger partial charge on any atom is -0.481 e. The second-order valence-electron chi connectivity index (χ2n) is 4.64. The lowest BCUT2D eigenvalue weighted by molar-refractivity contribution is -0.138. The van der Waals surface area contributed by atoms with Gasteiger partial charge in [-0.25, -0.2) is 13.1 Å². The molecule has 1 aliphatic carbocycles. The van der Waals surface area contributed by atoms with Crippen molar-refractivity contribution < 1.29 is 31.8 Å².